The average Bonchev–Trinajstić information content (AvgIpc) is 3.44. The van der Waals surface area contributed by atoms with Crippen molar-refractivity contribution in [3.8, 4) is 33.4 Å². The van der Waals surface area contributed by atoms with E-state index in [4.69, 9.17) is 0 Å². The quantitative estimate of drug-likeness (QED) is 0.184. The van der Waals surface area contributed by atoms with Crippen molar-refractivity contribution in [2.24, 2.45) is 0 Å². The summed E-state index contributed by atoms with van der Waals surface area (Å²) in [7, 11) is 0. The molecule has 1 heterocycles. The van der Waals surface area contributed by atoms with Crippen LogP contribution in [0.3, 0.4) is 0 Å². The topological polar surface area (TPSA) is 3.24 Å². The van der Waals surface area contributed by atoms with Gasteiger partial charge in [0, 0.05) is 37.2 Å². The number of benzene rings is 6. The Morgan fingerprint density at radius 1 is 0.556 bits per heavy atom. The summed E-state index contributed by atoms with van der Waals surface area (Å²) in [5.41, 5.74) is 15.1. The number of fused-ring (bicyclic) bond motifs is 3. The van der Waals surface area contributed by atoms with Gasteiger partial charge in [0.1, 0.15) is 0 Å². The molecule has 0 bridgehead atoms. The van der Waals surface area contributed by atoms with E-state index in [0.717, 1.165) is 11.4 Å². The molecule has 1 nitrogen and oxygen atoms in total. The molecule has 2 heteroatoms. The molecular formula is C43H37NS. The summed E-state index contributed by atoms with van der Waals surface area (Å²) in [6.07, 6.45) is 2.16. The molecule has 7 aromatic rings. The number of rotatable bonds is 6. The minimum atomic E-state index is 1.15. The predicted molar refractivity (Wildman–Crippen MR) is 198 cm³/mol. The first-order chi connectivity index (χ1) is 21.9. The number of anilines is 2. The van der Waals surface area contributed by atoms with E-state index in [-0.39, 0.29) is 0 Å². The first kappa shape index (κ1) is 28.8. The van der Waals surface area contributed by atoms with Crippen molar-refractivity contribution in [3.05, 3.63) is 156 Å². The molecule has 0 N–H and O–H groups in total. The Kier molecular flexibility index (Phi) is 7.61. The zero-order valence-electron chi connectivity index (χ0n) is 26.6. The number of thiophene rings is 1. The van der Waals surface area contributed by atoms with Crippen molar-refractivity contribution in [1.29, 1.82) is 0 Å². The summed E-state index contributed by atoms with van der Waals surface area (Å²) in [6, 6.07) is 46.7. The van der Waals surface area contributed by atoms with E-state index in [1.807, 2.05) is 11.3 Å². The fourth-order valence-electron chi connectivity index (χ4n) is 6.62. The molecule has 0 unspecified atom stereocenters. The van der Waals surface area contributed by atoms with Crippen molar-refractivity contribution in [2.45, 2.75) is 34.6 Å². The summed E-state index contributed by atoms with van der Waals surface area (Å²) >= 11 is 1.87. The van der Waals surface area contributed by atoms with Crippen molar-refractivity contribution >= 4 is 42.9 Å². The molecule has 1 aromatic heterocycles. The van der Waals surface area contributed by atoms with Crippen LogP contribution >= 0.6 is 11.3 Å². The molecule has 0 aliphatic rings. The highest BCUT2D eigenvalue weighted by atomic mass is 32.1. The maximum Gasteiger partial charge on any atom is 0.0458 e. The van der Waals surface area contributed by atoms with Crippen molar-refractivity contribution in [3.63, 3.8) is 0 Å². The van der Waals surface area contributed by atoms with Crippen molar-refractivity contribution in [1.82, 2.24) is 0 Å². The van der Waals surface area contributed by atoms with Crippen LogP contribution in [0.1, 0.15) is 30.5 Å². The zero-order valence-corrected chi connectivity index (χ0v) is 27.4. The molecule has 0 aliphatic heterocycles. The average molecular weight is 600 g/mol. The van der Waals surface area contributed by atoms with Crippen LogP contribution in [0.2, 0.25) is 0 Å². The maximum absolute atomic E-state index is 2.40. The number of aryl methyl sites for hydroxylation is 2. The molecule has 6 aromatic carbocycles. The molecule has 0 amide bonds. The fraction of sp³-hybridized carbons (Fsp3) is 0.116. The molecular weight excluding hydrogens is 563 g/mol. The number of allylic oxidation sites excluding steroid dienone is 2. The monoisotopic (exact) mass is 599 g/mol. The van der Waals surface area contributed by atoms with Gasteiger partial charge in [-0.3, -0.25) is 0 Å². The molecule has 0 atom stereocenters. The van der Waals surface area contributed by atoms with Gasteiger partial charge in [-0.1, -0.05) is 84.9 Å². The van der Waals surface area contributed by atoms with E-state index in [2.05, 4.69) is 173 Å². The molecule has 0 fully saturated rings. The van der Waals surface area contributed by atoms with E-state index in [9.17, 15) is 0 Å². The molecule has 45 heavy (non-hydrogen) atoms. The summed E-state index contributed by atoms with van der Waals surface area (Å²) in [5.74, 6) is 0. The normalized spacial score (nSPS) is 11.8. The van der Waals surface area contributed by atoms with Crippen molar-refractivity contribution < 1.29 is 0 Å². The van der Waals surface area contributed by atoms with Gasteiger partial charge in [-0.2, -0.15) is 0 Å². The molecule has 220 valence electrons. The lowest BCUT2D eigenvalue weighted by Gasteiger charge is -2.26. The van der Waals surface area contributed by atoms with Gasteiger partial charge in [-0.05, 0) is 133 Å². The second-order valence-electron chi connectivity index (χ2n) is 11.9. The summed E-state index contributed by atoms with van der Waals surface area (Å²) in [6.45, 7) is 11.0. The minimum Gasteiger partial charge on any atom is -0.315 e. The smallest absolute Gasteiger partial charge is 0.0458 e. The number of hydrogen-bond donors (Lipinski definition) is 0. The van der Waals surface area contributed by atoms with E-state index in [0.29, 0.717) is 0 Å². The third-order valence-electron chi connectivity index (χ3n) is 9.11. The summed E-state index contributed by atoms with van der Waals surface area (Å²) in [4.78, 5) is 2.30. The molecule has 0 saturated heterocycles. The SMILES string of the molecule is C/C=C(\C)N(c1ccccc1)c1ccc(-c2ccc(C)c(-c3ccc(C)c(-c4ccc5sc6ccccc6c5c4)c3C)c2)cc1. The first-order valence-electron chi connectivity index (χ1n) is 15.6. The van der Waals surface area contributed by atoms with Gasteiger partial charge in [0.15, 0.2) is 0 Å². The minimum absolute atomic E-state index is 1.15. The lowest BCUT2D eigenvalue weighted by atomic mass is 9.86. The molecule has 0 saturated carbocycles. The van der Waals surface area contributed by atoms with Crippen LogP contribution in [0.15, 0.2) is 139 Å². The standard InChI is InChI=1S/C43H37NS/c1-6-30(4)44(35-12-8-7-9-13-35)36-22-19-32(20-23-36)33-18-16-28(2)39(26-33)37-24-17-29(3)43(31(37)5)34-21-25-42-40(27-34)38-14-10-11-15-41(38)45-42/h6-27H,1-5H3/b30-6+. The predicted octanol–water partition coefficient (Wildman–Crippen LogP) is 13.0. The van der Waals surface area contributed by atoms with Gasteiger partial charge in [-0.25, -0.2) is 0 Å². The second-order valence-corrected chi connectivity index (χ2v) is 13.0. The van der Waals surface area contributed by atoms with Crippen LogP contribution in [0.5, 0.6) is 0 Å². The molecule has 0 aliphatic carbocycles. The third kappa shape index (κ3) is 5.26. The van der Waals surface area contributed by atoms with Gasteiger partial charge in [0.2, 0.25) is 0 Å². The van der Waals surface area contributed by atoms with Crippen LogP contribution in [0.25, 0.3) is 53.6 Å². The van der Waals surface area contributed by atoms with E-state index < -0.39 is 0 Å². The Morgan fingerprint density at radius 2 is 1.20 bits per heavy atom. The van der Waals surface area contributed by atoms with E-state index >= 15 is 0 Å². The largest absolute Gasteiger partial charge is 0.315 e. The molecule has 7 rings (SSSR count). The highest BCUT2D eigenvalue weighted by molar-refractivity contribution is 7.25. The Balaban J connectivity index is 1.28. The van der Waals surface area contributed by atoms with Gasteiger partial charge >= 0.3 is 0 Å². The van der Waals surface area contributed by atoms with Crippen LogP contribution in [-0.4, -0.2) is 0 Å². The Hall–Kier alpha value is -4.92. The number of nitrogens with zero attached hydrogens (tertiary/aromatic N) is 1. The lowest BCUT2D eigenvalue weighted by Crippen LogP contribution is -2.13. The highest BCUT2D eigenvalue weighted by Gasteiger charge is 2.16. The van der Waals surface area contributed by atoms with Crippen LogP contribution in [0, 0.1) is 20.8 Å². The number of para-hydroxylation sites is 1. The van der Waals surface area contributed by atoms with Crippen LogP contribution in [-0.2, 0) is 0 Å². The molecule has 0 radical (unpaired) electrons. The first-order valence-corrected chi connectivity index (χ1v) is 16.5. The fourth-order valence-corrected chi connectivity index (χ4v) is 7.71. The summed E-state index contributed by atoms with van der Waals surface area (Å²) < 4.78 is 2.69. The van der Waals surface area contributed by atoms with Gasteiger partial charge < -0.3 is 4.90 Å². The van der Waals surface area contributed by atoms with Crippen molar-refractivity contribution in [2.75, 3.05) is 4.90 Å². The second kappa shape index (κ2) is 11.9. The Morgan fingerprint density at radius 3 is 1.98 bits per heavy atom. The third-order valence-corrected chi connectivity index (χ3v) is 10.3. The van der Waals surface area contributed by atoms with E-state index in [1.165, 1.54) is 75.9 Å². The molecule has 0 spiro atoms. The van der Waals surface area contributed by atoms with Gasteiger partial charge in [0.25, 0.3) is 0 Å². The van der Waals surface area contributed by atoms with Gasteiger partial charge in [0.05, 0.1) is 0 Å². The van der Waals surface area contributed by atoms with E-state index in [1.54, 1.807) is 0 Å². The lowest BCUT2D eigenvalue weighted by molar-refractivity contribution is 1.15. The zero-order chi connectivity index (χ0) is 31.1. The maximum atomic E-state index is 2.40. The highest BCUT2D eigenvalue weighted by Crippen LogP contribution is 2.41. The Bertz CT molecular complexity index is 2200. The van der Waals surface area contributed by atoms with Crippen LogP contribution in [0.4, 0.5) is 11.4 Å². The van der Waals surface area contributed by atoms with Crippen LogP contribution < -0.4 is 4.90 Å². The summed E-state index contributed by atoms with van der Waals surface area (Å²) in [5, 5.41) is 2.68. The number of hydrogen-bond acceptors (Lipinski definition) is 2. The van der Waals surface area contributed by atoms with Gasteiger partial charge in [-0.15, -0.1) is 11.3 Å². The Labute approximate surface area is 270 Å².